The molecule has 4 nitrogen and oxygen atoms in total. The normalized spacial score (nSPS) is 24.9. The van der Waals surface area contributed by atoms with Gasteiger partial charge in [-0.05, 0) is 41.8 Å². The molecule has 0 N–H and O–H groups in total. The number of carbonyl (C=O) groups is 1. The first kappa shape index (κ1) is 26.4. The molecule has 0 saturated carbocycles. The Bertz CT molecular complexity index is 1190. The summed E-state index contributed by atoms with van der Waals surface area (Å²) in [6, 6.07) is 25.8. The first-order chi connectivity index (χ1) is 18.2. The monoisotopic (exact) mass is 522 g/mol. The van der Waals surface area contributed by atoms with Gasteiger partial charge in [0.15, 0.2) is 0 Å². The topological polar surface area (TPSA) is 32.8 Å². The second kappa shape index (κ2) is 10.9. The number of hydrogen-bond acceptors (Lipinski definition) is 3. The summed E-state index contributed by atoms with van der Waals surface area (Å²) in [5, 5.41) is 0. The zero-order chi connectivity index (χ0) is 26.9. The van der Waals surface area contributed by atoms with E-state index in [0.29, 0.717) is 12.1 Å². The predicted molar refractivity (Wildman–Crippen MR) is 140 cm³/mol. The van der Waals surface area contributed by atoms with Gasteiger partial charge in [-0.3, -0.25) is 9.69 Å². The van der Waals surface area contributed by atoms with Gasteiger partial charge in [0.25, 0.3) is 0 Å². The van der Waals surface area contributed by atoms with Crippen LogP contribution in [0, 0.1) is 11.8 Å². The molecule has 2 bridgehead atoms. The molecule has 1 unspecified atom stereocenters. The molecule has 5 atom stereocenters. The van der Waals surface area contributed by atoms with Crippen LogP contribution in [-0.2, 0) is 22.3 Å². The molecule has 3 saturated heterocycles. The average molecular weight is 523 g/mol. The summed E-state index contributed by atoms with van der Waals surface area (Å²) in [5.74, 6) is -0.182. The molecule has 3 heterocycles. The lowest BCUT2D eigenvalue weighted by Gasteiger charge is -2.56. The number of rotatable bonds is 7. The van der Waals surface area contributed by atoms with Crippen LogP contribution in [0.3, 0.4) is 0 Å². The largest absolute Gasteiger partial charge is 0.416 e. The zero-order valence-electron chi connectivity index (χ0n) is 21.6. The van der Waals surface area contributed by atoms with E-state index in [9.17, 15) is 18.0 Å². The number of hydrogen-bond donors (Lipinski definition) is 0. The van der Waals surface area contributed by atoms with E-state index in [1.165, 1.54) is 6.07 Å². The van der Waals surface area contributed by atoms with Crippen LogP contribution in [0.25, 0.3) is 0 Å². The molecule has 3 aromatic carbocycles. The van der Waals surface area contributed by atoms with Crippen molar-refractivity contribution in [1.82, 2.24) is 9.80 Å². The summed E-state index contributed by atoms with van der Waals surface area (Å²) in [6.07, 6.45) is -3.93. The van der Waals surface area contributed by atoms with Crippen molar-refractivity contribution in [2.75, 3.05) is 27.2 Å². The number of piperidine rings is 3. The Hall–Kier alpha value is -3.16. The first-order valence-electron chi connectivity index (χ1n) is 13.1. The van der Waals surface area contributed by atoms with E-state index < -0.39 is 11.7 Å². The molecule has 7 heteroatoms. The van der Waals surface area contributed by atoms with Crippen molar-refractivity contribution in [2.24, 2.45) is 11.8 Å². The minimum absolute atomic E-state index is 0.0119. The van der Waals surface area contributed by atoms with E-state index in [-0.39, 0.29) is 42.4 Å². The van der Waals surface area contributed by atoms with Gasteiger partial charge in [0, 0.05) is 38.5 Å². The fourth-order valence-corrected chi connectivity index (χ4v) is 6.27. The maximum absolute atomic E-state index is 13.4. The number of amides is 1. The minimum atomic E-state index is -4.41. The maximum atomic E-state index is 13.4. The molecule has 3 aliphatic heterocycles. The SMILES string of the molecule is CN(C)C(=O)[C@@H]1CN2CC[C@H]1[C@H](OCc1cccc(C(F)(F)F)c1)[C@@H]2C(c1ccccc1)c1ccccc1. The smallest absolute Gasteiger partial charge is 0.372 e. The number of alkyl halides is 3. The third kappa shape index (κ3) is 5.36. The van der Waals surface area contributed by atoms with Crippen LogP contribution in [-0.4, -0.2) is 55.0 Å². The van der Waals surface area contributed by atoms with E-state index in [2.05, 4.69) is 29.2 Å². The Balaban J connectivity index is 1.53. The second-order valence-electron chi connectivity index (χ2n) is 10.6. The predicted octanol–water partition coefficient (Wildman–Crippen LogP) is 5.83. The number of nitrogens with zero attached hydrogens (tertiary/aromatic N) is 2. The van der Waals surface area contributed by atoms with E-state index in [1.54, 1.807) is 25.1 Å². The van der Waals surface area contributed by atoms with Gasteiger partial charge < -0.3 is 9.64 Å². The Kier molecular flexibility index (Phi) is 7.59. The summed E-state index contributed by atoms with van der Waals surface area (Å²) < 4.78 is 46.7. The summed E-state index contributed by atoms with van der Waals surface area (Å²) in [7, 11) is 3.54. The third-order valence-electron chi connectivity index (χ3n) is 7.99. The van der Waals surface area contributed by atoms with Crippen LogP contribution in [0.1, 0.15) is 34.6 Å². The number of fused-ring (bicyclic) bond motifs is 3. The highest BCUT2D eigenvalue weighted by Gasteiger charge is 2.53. The highest BCUT2D eigenvalue weighted by Crippen LogP contribution is 2.46. The van der Waals surface area contributed by atoms with Crippen LogP contribution in [0.4, 0.5) is 13.2 Å². The van der Waals surface area contributed by atoms with Crippen molar-refractivity contribution in [3.63, 3.8) is 0 Å². The van der Waals surface area contributed by atoms with Gasteiger partial charge in [-0.15, -0.1) is 0 Å². The van der Waals surface area contributed by atoms with Crippen molar-refractivity contribution >= 4 is 5.91 Å². The molecule has 3 aliphatic rings. The van der Waals surface area contributed by atoms with Gasteiger partial charge in [-0.1, -0.05) is 72.8 Å². The van der Waals surface area contributed by atoms with E-state index in [4.69, 9.17) is 4.74 Å². The average Bonchev–Trinajstić information content (AvgIpc) is 2.93. The van der Waals surface area contributed by atoms with Crippen molar-refractivity contribution in [2.45, 2.75) is 37.3 Å². The molecule has 1 amide bonds. The standard InChI is InChI=1S/C31H33F3N2O2/c1-35(2)30(37)26-19-36-17-16-25(26)29(38-20-21-10-9-15-24(18-21)31(32,33)34)28(36)27(22-11-5-3-6-12-22)23-13-7-4-8-14-23/h3-15,18,25-29H,16-17,19-20H2,1-2H3/t25-,26-,28+,29+/m1/s1. The lowest BCUT2D eigenvalue weighted by Crippen LogP contribution is -2.66. The van der Waals surface area contributed by atoms with Gasteiger partial charge in [0.2, 0.25) is 5.91 Å². The maximum Gasteiger partial charge on any atom is 0.416 e. The molecule has 0 aromatic heterocycles. The molecular weight excluding hydrogens is 489 g/mol. The number of halogens is 3. The lowest BCUT2D eigenvalue weighted by atomic mass is 9.67. The van der Waals surface area contributed by atoms with Gasteiger partial charge in [-0.2, -0.15) is 13.2 Å². The van der Waals surface area contributed by atoms with Gasteiger partial charge in [-0.25, -0.2) is 0 Å². The molecular formula is C31H33F3N2O2. The number of benzene rings is 3. The van der Waals surface area contributed by atoms with Crippen LogP contribution in [0.2, 0.25) is 0 Å². The first-order valence-corrected chi connectivity index (χ1v) is 13.1. The Morgan fingerprint density at radius 1 is 0.974 bits per heavy atom. The molecule has 0 spiro atoms. The van der Waals surface area contributed by atoms with Crippen LogP contribution >= 0.6 is 0 Å². The fraction of sp³-hybridized carbons (Fsp3) is 0.387. The summed E-state index contributed by atoms with van der Waals surface area (Å²) in [4.78, 5) is 17.2. The Morgan fingerprint density at radius 3 is 2.18 bits per heavy atom. The molecule has 3 aromatic rings. The molecule has 6 rings (SSSR count). The summed E-state index contributed by atoms with van der Waals surface area (Å²) in [5.41, 5.74) is 2.09. The molecule has 3 fully saturated rings. The van der Waals surface area contributed by atoms with Gasteiger partial charge >= 0.3 is 6.18 Å². The highest BCUT2D eigenvalue weighted by atomic mass is 19.4. The van der Waals surface area contributed by atoms with Crippen LogP contribution < -0.4 is 0 Å². The quantitative estimate of drug-likeness (QED) is 0.391. The van der Waals surface area contributed by atoms with Gasteiger partial charge in [0.1, 0.15) is 0 Å². The van der Waals surface area contributed by atoms with E-state index >= 15 is 0 Å². The molecule has 0 aliphatic carbocycles. The molecule has 38 heavy (non-hydrogen) atoms. The molecule has 0 radical (unpaired) electrons. The second-order valence-corrected chi connectivity index (χ2v) is 10.6. The molecule has 200 valence electrons. The van der Waals surface area contributed by atoms with Crippen molar-refractivity contribution in [3.05, 3.63) is 107 Å². The van der Waals surface area contributed by atoms with E-state index in [0.717, 1.165) is 36.2 Å². The summed E-state index contributed by atoms with van der Waals surface area (Å²) >= 11 is 0. The van der Waals surface area contributed by atoms with Crippen molar-refractivity contribution in [1.29, 1.82) is 0 Å². The fourth-order valence-electron chi connectivity index (χ4n) is 6.27. The zero-order valence-corrected chi connectivity index (χ0v) is 21.6. The van der Waals surface area contributed by atoms with E-state index in [1.807, 2.05) is 36.4 Å². The Labute approximate surface area is 222 Å². The lowest BCUT2D eigenvalue weighted by molar-refractivity contribution is -0.166. The van der Waals surface area contributed by atoms with Crippen molar-refractivity contribution < 1.29 is 22.7 Å². The van der Waals surface area contributed by atoms with Crippen LogP contribution in [0.5, 0.6) is 0 Å². The highest BCUT2D eigenvalue weighted by molar-refractivity contribution is 5.79. The minimum Gasteiger partial charge on any atom is -0.372 e. The number of carbonyl (C=O) groups excluding carboxylic acids is 1. The van der Waals surface area contributed by atoms with Crippen LogP contribution in [0.15, 0.2) is 84.9 Å². The third-order valence-corrected chi connectivity index (χ3v) is 7.99. The number of ether oxygens (including phenoxy) is 1. The summed E-state index contributed by atoms with van der Waals surface area (Å²) in [6.45, 7) is 1.55. The Morgan fingerprint density at radius 2 is 1.61 bits per heavy atom. The van der Waals surface area contributed by atoms with Gasteiger partial charge in [0.05, 0.1) is 24.2 Å². The van der Waals surface area contributed by atoms with Crippen molar-refractivity contribution in [3.8, 4) is 0 Å².